The highest BCUT2D eigenvalue weighted by atomic mass is 32.1. The maximum absolute atomic E-state index is 12.4. The highest BCUT2D eigenvalue weighted by molar-refractivity contribution is 7.22. The molecule has 4 rings (SSSR count). The number of halogens is 3. The molecule has 0 radical (unpaired) electrons. The van der Waals surface area contributed by atoms with E-state index in [1.54, 1.807) is 12.1 Å². The summed E-state index contributed by atoms with van der Waals surface area (Å²) in [5, 5.41) is 3.34. The minimum atomic E-state index is -4.78. The maximum Gasteiger partial charge on any atom is 0.573 e. The van der Waals surface area contributed by atoms with Gasteiger partial charge in [-0.3, -0.25) is 0 Å². The first-order valence-corrected chi connectivity index (χ1v) is 8.99. The Bertz CT molecular complexity index is 1100. The highest BCUT2D eigenvalue weighted by Gasteiger charge is 2.36. The Hall–Kier alpha value is -3.21. The van der Waals surface area contributed by atoms with Crippen molar-refractivity contribution in [1.29, 1.82) is 0 Å². The minimum Gasteiger partial charge on any atom is -0.493 e. The number of carbonyl (C=O) groups is 1. The number of fused-ring (bicyclic) bond motifs is 2. The van der Waals surface area contributed by atoms with Gasteiger partial charge in [0, 0.05) is 11.6 Å². The molecule has 11 heteroatoms. The smallest absolute Gasteiger partial charge is 0.493 e. The second kappa shape index (κ2) is 6.99. The Labute approximate surface area is 166 Å². The van der Waals surface area contributed by atoms with Crippen LogP contribution >= 0.6 is 11.3 Å². The van der Waals surface area contributed by atoms with Crippen molar-refractivity contribution in [3.05, 3.63) is 41.5 Å². The number of hydrogen-bond acceptors (Lipinski definition) is 8. The predicted molar refractivity (Wildman–Crippen MR) is 97.6 cm³/mol. The molecule has 0 fully saturated rings. The van der Waals surface area contributed by atoms with E-state index in [-0.39, 0.29) is 17.1 Å². The molecule has 0 bridgehead atoms. The first-order valence-electron chi connectivity index (χ1n) is 8.18. The zero-order chi connectivity index (χ0) is 20.8. The van der Waals surface area contributed by atoms with Crippen LogP contribution in [0.15, 0.2) is 30.3 Å². The lowest BCUT2D eigenvalue weighted by Crippen LogP contribution is -2.16. The van der Waals surface area contributed by atoms with Crippen molar-refractivity contribution in [3.8, 4) is 17.2 Å². The number of rotatable bonds is 5. The number of nitrogens with one attached hydrogen (secondary N) is 1. The van der Waals surface area contributed by atoms with Crippen molar-refractivity contribution in [2.75, 3.05) is 19.5 Å². The SMILES string of the molecule is COc1ccc2c(c1OC)C(=O)OC2Nc1nc2ccc(OC(F)(F)F)cc2s1. The zero-order valence-electron chi connectivity index (χ0n) is 15.0. The summed E-state index contributed by atoms with van der Waals surface area (Å²) in [5.41, 5.74) is 1.25. The van der Waals surface area contributed by atoms with Crippen LogP contribution in [-0.4, -0.2) is 31.5 Å². The molecule has 152 valence electrons. The van der Waals surface area contributed by atoms with Gasteiger partial charge < -0.3 is 24.3 Å². The maximum atomic E-state index is 12.4. The van der Waals surface area contributed by atoms with Crippen LogP contribution in [0.5, 0.6) is 17.2 Å². The van der Waals surface area contributed by atoms with Crippen LogP contribution in [-0.2, 0) is 4.74 Å². The summed E-state index contributed by atoms with van der Waals surface area (Å²) in [6.45, 7) is 0. The van der Waals surface area contributed by atoms with Crippen molar-refractivity contribution in [2.24, 2.45) is 0 Å². The number of thiazole rings is 1. The summed E-state index contributed by atoms with van der Waals surface area (Å²) in [5.74, 6) is -0.275. The quantitative estimate of drug-likeness (QED) is 0.602. The molecule has 1 unspecified atom stereocenters. The fraction of sp³-hybridized carbons (Fsp3) is 0.222. The minimum absolute atomic E-state index is 0.242. The van der Waals surface area contributed by atoms with E-state index in [0.717, 1.165) is 11.3 Å². The Kier molecular flexibility index (Phi) is 4.61. The van der Waals surface area contributed by atoms with Crippen LogP contribution in [0.25, 0.3) is 10.2 Å². The molecule has 1 atom stereocenters. The number of methoxy groups -OCH3 is 2. The lowest BCUT2D eigenvalue weighted by atomic mass is 10.1. The molecular formula is C18H13F3N2O5S. The Morgan fingerprint density at radius 1 is 1.17 bits per heavy atom. The van der Waals surface area contributed by atoms with Crippen molar-refractivity contribution < 1.29 is 36.9 Å². The molecule has 7 nitrogen and oxygen atoms in total. The third kappa shape index (κ3) is 3.60. The van der Waals surface area contributed by atoms with Crippen LogP contribution in [0.3, 0.4) is 0 Å². The van der Waals surface area contributed by atoms with Gasteiger partial charge in [-0.15, -0.1) is 13.2 Å². The number of aromatic nitrogens is 1. The summed E-state index contributed by atoms with van der Waals surface area (Å²) in [4.78, 5) is 16.6. The van der Waals surface area contributed by atoms with Crippen LogP contribution in [0.2, 0.25) is 0 Å². The van der Waals surface area contributed by atoms with Crippen LogP contribution in [0, 0.1) is 0 Å². The fourth-order valence-corrected chi connectivity index (χ4v) is 3.90. The monoisotopic (exact) mass is 426 g/mol. The molecule has 1 aliphatic rings. The molecule has 2 aromatic carbocycles. The summed E-state index contributed by atoms with van der Waals surface area (Å²) < 4.78 is 57.4. The summed E-state index contributed by atoms with van der Waals surface area (Å²) in [7, 11) is 2.87. The predicted octanol–water partition coefficient (Wildman–Crippen LogP) is 4.49. The fourth-order valence-electron chi connectivity index (χ4n) is 2.98. The van der Waals surface area contributed by atoms with Gasteiger partial charge >= 0.3 is 12.3 Å². The van der Waals surface area contributed by atoms with Gasteiger partial charge in [0.15, 0.2) is 16.6 Å². The number of nitrogens with zero attached hydrogens (tertiary/aromatic N) is 1. The van der Waals surface area contributed by atoms with Crippen LogP contribution in [0.4, 0.5) is 18.3 Å². The van der Waals surface area contributed by atoms with Gasteiger partial charge in [0.25, 0.3) is 0 Å². The van der Waals surface area contributed by atoms with Gasteiger partial charge in [-0.05, 0) is 24.3 Å². The lowest BCUT2D eigenvalue weighted by molar-refractivity contribution is -0.274. The molecule has 0 amide bonds. The molecule has 0 saturated carbocycles. The highest BCUT2D eigenvalue weighted by Crippen LogP contribution is 2.42. The van der Waals surface area contributed by atoms with Gasteiger partial charge in [-0.2, -0.15) is 0 Å². The summed E-state index contributed by atoms with van der Waals surface area (Å²) >= 11 is 1.10. The first-order chi connectivity index (χ1) is 13.8. The number of alkyl halides is 3. The number of anilines is 1. The normalized spacial score (nSPS) is 15.8. The van der Waals surface area contributed by atoms with E-state index in [1.807, 2.05) is 0 Å². The van der Waals surface area contributed by atoms with Crippen molar-refractivity contribution in [1.82, 2.24) is 4.98 Å². The number of benzene rings is 2. The third-order valence-corrected chi connectivity index (χ3v) is 5.09. The van der Waals surface area contributed by atoms with Gasteiger partial charge in [-0.1, -0.05) is 11.3 Å². The number of ether oxygens (including phenoxy) is 4. The van der Waals surface area contributed by atoms with E-state index in [2.05, 4.69) is 15.0 Å². The molecule has 0 spiro atoms. The molecule has 0 saturated heterocycles. The van der Waals surface area contributed by atoms with E-state index in [0.29, 0.717) is 26.7 Å². The van der Waals surface area contributed by atoms with E-state index < -0.39 is 18.6 Å². The zero-order valence-corrected chi connectivity index (χ0v) is 15.8. The molecule has 29 heavy (non-hydrogen) atoms. The summed E-state index contributed by atoms with van der Waals surface area (Å²) in [6.07, 6.45) is -5.61. The van der Waals surface area contributed by atoms with E-state index in [9.17, 15) is 18.0 Å². The van der Waals surface area contributed by atoms with Gasteiger partial charge in [0.2, 0.25) is 6.23 Å². The average molecular weight is 426 g/mol. The van der Waals surface area contributed by atoms with E-state index >= 15 is 0 Å². The van der Waals surface area contributed by atoms with E-state index in [1.165, 1.54) is 32.4 Å². The second-order valence-electron chi connectivity index (χ2n) is 5.89. The summed E-state index contributed by atoms with van der Waals surface area (Å²) in [6, 6.07) is 7.16. The standard InChI is InChI=1S/C18H13F3N2O5S/c1-25-11-6-4-9-13(14(11)26-2)16(24)27-15(9)23-17-22-10-5-3-8(7-12(10)29-17)28-18(19,20)21/h3-7,15H,1-2H3,(H,22,23). The molecule has 1 N–H and O–H groups in total. The topological polar surface area (TPSA) is 78.9 Å². The van der Waals surface area contributed by atoms with E-state index in [4.69, 9.17) is 14.2 Å². The van der Waals surface area contributed by atoms with Crippen molar-refractivity contribution in [3.63, 3.8) is 0 Å². The average Bonchev–Trinajstić information content (AvgIpc) is 3.20. The Morgan fingerprint density at radius 3 is 2.66 bits per heavy atom. The molecular weight excluding hydrogens is 413 g/mol. The second-order valence-corrected chi connectivity index (χ2v) is 6.92. The largest absolute Gasteiger partial charge is 0.573 e. The molecule has 1 aliphatic heterocycles. The molecule has 1 aromatic heterocycles. The van der Waals surface area contributed by atoms with Gasteiger partial charge in [0.05, 0.1) is 24.4 Å². The number of carbonyl (C=O) groups excluding carboxylic acids is 1. The van der Waals surface area contributed by atoms with Crippen molar-refractivity contribution in [2.45, 2.75) is 12.6 Å². The van der Waals surface area contributed by atoms with Gasteiger partial charge in [-0.25, -0.2) is 9.78 Å². The van der Waals surface area contributed by atoms with Crippen molar-refractivity contribution >= 4 is 32.7 Å². The number of cyclic esters (lactones) is 1. The molecule has 3 aromatic rings. The molecule has 0 aliphatic carbocycles. The number of esters is 1. The Balaban J connectivity index is 1.62. The first kappa shape index (κ1) is 19.1. The Morgan fingerprint density at radius 2 is 1.97 bits per heavy atom. The van der Waals surface area contributed by atoms with Gasteiger partial charge in [0.1, 0.15) is 11.3 Å². The van der Waals surface area contributed by atoms with Crippen LogP contribution < -0.4 is 19.5 Å². The lowest BCUT2D eigenvalue weighted by Gasteiger charge is -2.13. The number of hydrogen-bond donors (Lipinski definition) is 1. The third-order valence-electron chi connectivity index (χ3n) is 4.14. The molecule has 2 heterocycles. The van der Waals surface area contributed by atoms with Crippen LogP contribution in [0.1, 0.15) is 22.1 Å².